The van der Waals surface area contributed by atoms with Gasteiger partial charge in [-0.1, -0.05) is 30.9 Å². The summed E-state index contributed by atoms with van der Waals surface area (Å²) in [4.78, 5) is 35.9. The molecular weight excluding hydrogens is 424 g/mol. The lowest BCUT2D eigenvalue weighted by Gasteiger charge is -2.35. The van der Waals surface area contributed by atoms with Crippen molar-refractivity contribution >= 4 is 29.2 Å². The van der Waals surface area contributed by atoms with Crippen LogP contribution in [-0.2, 0) is 9.53 Å². The maximum atomic E-state index is 12.9. The fraction of sp³-hybridized carbons (Fsp3) is 0.364. The molecule has 0 radical (unpaired) electrons. The molecule has 1 N–H and O–H groups in total. The summed E-state index contributed by atoms with van der Waals surface area (Å²) in [5.74, 6) is -0.421. The minimum absolute atomic E-state index is 0.0431. The van der Waals surface area contributed by atoms with E-state index in [1.807, 2.05) is 0 Å². The largest absolute Gasteiger partial charge is 0.467 e. The molecule has 2 aromatic carbocycles. The molecule has 1 aliphatic carbocycles. The van der Waals surface area contributed by atoms with E-state index >= 15 is 0 Å². The number of hydrogen-bond acceptors (Lipinski definition) is 6. The first-order valence-corrected chi connectivity index (χ1v) is 10.3. The van der Waals surface area contributed by atoms with Crippen LogP contribution in [0.2, 0.25) is 5.02 Å². The van der Waals surface area contributed by atoms with Gasteiger partial charge >= 0.3 is 11.7 Å². The summed E-state index contributed by atoms with van der Waals surface area (Å²) >= 11 is 5.84. The Kier molecular flexibility index (Phi) is 6.80. The molecule has 0 saturated heterocycles. The summed E-state index contributed by atoms with van der Waals surface area (Å²) in [6, 6.07) is 8.85. The SMILES string of the molecule is COC(=O)C1(NC(=O)c2ccc(Oc3ccc(Cl)cc3[N+](=O)[O-])c(C)c2)CCCCC1. The number of methoxy groups -OCH3 is 1. The number of carbonyl (C=O) groups excluding carboxylic acids is 2. The standard InChI is InChI=1S/C22H23ClN2O6/c1-14-12-15(20(26)24-22(21(27)30-2)10-4-3-5-11-22)6-8-18(14)31-19-9-7-16(23)13-17(19)25(28)29/h6-9,12-13H,3-5,10-11H2,1-2H3,(H,24,26). The van der Waals surface area contributed by atoms with Crippen LogP contribution in [-0.4, -0.2) is 29.4 Å². The molecule has 2 aromatic rings. The smallest absolute Gasteiger partial charge is 0.331 e. The molecule has 0 aromatic heterocycles. The number of nitro groups is 1. The van der Waals surface area contributed by atoms with Crippen molar-refractivity contribution in [2.45, 2.75) is 44.6 Å². The van der Waals surface area contributed by atoms with Gasteiger partial charge in [-0.05, 0) is 55.7 Å². The van der Waals surface area contributed by atoms with Crippen molar-refractivity contribution in [3.63, 3.8) is 0 Å². The quantitative estimate of drug-likeness (QED) is 0.382. The molecule has 0 heterocycles. The molecule has 9 heteroatoms. The number of carbonyl (C=O) groups is 2. The number of ether oxygens (including phenoxy) is 2. The van der Waals surface area contributed by atoms with Crippen molar-refractivity contribution in [1.29, 1.82) is 0 Å². The van der Waals surface area contributed by atoms with Crippen LogP contribution < -0.4 is 10.1 Å². The van der Waals surface area contributed by atoms with Gasteiger partial charge in [-0.2, -0.15) is 0 Å². The van der Waals surface area contributed by atoms with E-state index in [2.05, 4.69) is 5.32 Å². The summed E-state index contributed by atoms with van der Waals surface area (Å²) in [6.07, 6.45) is 3.75. The van der Waals surface area contributed by atoms with Gasteiger partial charge in [0.05, 0.1) is 12.0 Å². The highest BCUT2D eigenvalue weighted by Crippen LogP contribution is 2.35. The summed E-state index contributed by atoms with van der Waals surface area (Å²) in [5, 5.41) is 14.4. The molecule has 0 unspecified atom stereocenters. The van der Waals surface area contributed by atoms with Gasteiger partial charge in [-0.15, -0.1) is 0 Å². The number of esters is 1. The molecule has 31 heavy (non-hydrogen) atoms. The molecule has 8 nitrogen and oxygen atoms in total. The zero-order valence-corrected chi connectivity index (χ0v) is 18.0. The second kappa shape index (κ2) is 9.34. The predicted molar refractivity (Wildman–Crippen MR) is 115 cm³/mol. The fourth-order valence-corrected chi connectivity index (χ4v) is 3.93. The Morgan fingerprint density at radius 1 is 1.10 bits per heavy atom. The molecule has 0 aliphatic heterocycles. The molecule has 1 fully saturated rings. The molecular formula is C22H23ClN2O6. The number of hydrogen-bond donors (Lipinski definition) is 1. The van der Waals surface area contributed by atoms with E-state index in [0.717, 1.165) is 19.3 Å². The van der Waals surface area contributed by atoms with Crippen LogP contribution in [0.4, 0.5) is 5.69 Å². The second-order valence-corrected chi connectivity index (χ2v) is 7.98. The monoisotopic (exact) mass is 446 g/mol. The van der Waals surface area contributed by atoms with Crippen LogP contribution in [0.5, 0.6) is 11.5 Å². The van der Waals surface area contributed by atoms with Gasteiger partial charge in [0.15, 0.2) is 0 Å². The lowest BCUT2D eigenvalue weighted by molar-refractivity contribution is -0.385. The minimum Gasteiger partial charge on any atom is -0.467 e. The maximum absolute atomic E-state index is 12.9. The minimum atomic E-state index is -1.02. The van der Waals surface area contributed by atoms with E-state index in [-0.39, 0.29) is 22.4 Å². The van der Waals surface area contributed by atoms with E-state index in [1.54, 1.807) is 25.1 Å². The number of benzene rings is 2. The Morgan fingerprint density at radius 3 is 2.39 bits per heavy atom. The van der Waals surface area contributed by atoms with Crippen molar-refractivity contribution in [3.05, 3.63) is 62.7 Å². The van der Waals surface area contributed by atoms with Crippen LogP contribution in [0.25, 0.3) is 0 Å². The van der Waals surface area contributed by atoms with Crippen molar-refractivity contribution in [2.24, 2.45) is 0 Å². The first-order chi connectivity index (χ1) is 14.8. The highest BCUT2D eigenvalue weighted by atomic mass is 35.5. The normalized spacial score (nSPS) is 15.1. The zero-order valence-electron chi connectivity index (χ0n) is 17.3. The number of aryl methyl sites for hydroxylation is 1. The highest BCUT2D eigenvalue weighted by molar-refractivity contribution is 6.30. The van der Waals surface area contributed by atoms with E-state index in [1.165, 1.54) is 25.3 Å². The fourth-order valence-electron chi connectivity index (χ4n) is 3.76. The molecule has 0 bridgehead atoms. The Hall–Kier alpha value is -3.13. The Labute approximate surface area is 184 Å². The third kappa shape index (κ3) is 4.96. The Morgan fingerprint density at radius 2 is 1.77 bits per heavy atom. The maximum Gasteiger partial charge on any atom is 0.331 e. The van der Waals surface area contributed by atoms with Gasteiger partial charge in [0, 0.05) is 16.7 Å². The number of rotatable bonds is 6. The number of nitrogens with zero attached hydrogens (tertiary/aromatic N) is 1. The summed E-state index contributed by atoms with van der Waals surface area (Å²) in [7, 11) is 1.32. The average molecular weight is 447 g/mol. The lowest BCUT2D eigenvalue weighted by Crippen LogP contribution is -2.56. The lowest BCUT2D eigenvalue weighted by atomic mass is 9.81. The third-order valence-corrected chi connectivity index (χ3v) is 5.65. The molecule has 1 saturated carbocycles. The van der Waals surface area contributed by atoms with Gasteiger partial charge in [-0.25, -0.2) is 4.79 Å². The number of nitro benzene ring substituents is 1. The van der Waals surface area contributed by atoms with Gasteiger partial charge in [0.2, 0.25) is 5.75 Å². The molecule has 164 valence electrons. The number of nitrogens with one attached hydrogen (secondary N) is 1. The van der Waals surface area contributed by atoms with Gasteiger partial charge in [0.1, 0.15) is 11.3 Å². The topological polar surface area (TPSA) is 108 Å². The van der Waals surface area contributed by atoms with E-state index in [0.29, 0.717) is 29.7 Å². The predicted octanol–water partition coefficient (Wildman–Crippen LogP) is 4.95. The van der Waals surface area contributed by atoms with Gasteiger partial charge in [0.25, 0.3) is 5.91 Å². The van der Waals surface area contributed by atoms with E-state index in [9.17, 15) is 19.7 Å². The number of halogens is 1. The molecule has 0 spiro atoms. The van der Waals surface area contributed by atoms with Crippen molar-refractivity contribution < 1.29 is 24.0 Å². The van der Waals surface area contributed by atoms with Crippen LogP contribution in [0.15, 0.2) is 36.4 Å². The van der Waals surface area contributed by atoms with Gasteiger partial charge in [-0.3, -0.25) is 14.9 Å². The Bertz CT molecular complexity index is 1020. The molecule has 1 amide bonds. The third-order valence-electron chi connectivity index (χ3n) is 5.41. The molecule has 1 aliphatic rings. The summed E-state index contributed by atoms with van der Waals surface area (Å²) in [6.45, 7) is 1.73. The molecule has 3 rings (SSSR count). The molecule has 0 atom stereocenters. The number of amides is 1. The second-order valence-electron chi connectivity index (χ2n) is 7.54. The van der Waals surface area contributed by atoms with Crippen molar-refractivity contribution in [2.75, 3.05) is 7.11 Å². The first kappa shape index (κ1) is 22.6. The van der Waals surface area contributed by atoms with E-state index in [4.69, 9.17) is 21.1 Å². The van der Waals surface area contributed by atoms with E-state index < -0.39 is 16.4 Å². The van der Waals surface area contributed by atoms with Crippen LogP contribution >= 0.6 is 11.6 Å². The first-order valence-electron chi connectivity index (χ1n) is 9.89. The van der Waals surface area contributed by atoms with Crippen molar-refractivity contribution in [1.82, 2.24) is 5.32 Å². The van der Waals surface area contributed by atoms with Crippen LogP contribution in [0.3, 0.4) is 0 Å². The average Bonchev–Trinajstić information content (AvgIpc) is 2.76. The summed E-state index contributed by atoms with van der Waals surface area (Å²) in [5.41, 5.74) is -0.320. The van der Waals surface area contributed by atoms with Crippen LogP contribution in [0.1, 0.15) is 48.0 Å². The zero-order chi connectivity index (χ0) is 22.6. The Balaban J connectivity index is 1.81. The highest BCUT2D eigenvalue weighted by Gasteiger charge is 2.42. The van der Waals surface area contributed by atoms with Crippen molar-refractivity contribution in [3.8, 4) is 11.5 Å². The van der Waals surface area contributed by atoms with Crippen LogP contribution in [0, 0.1) is 17.0 Å². The summed E-state index contributed by atoms with van der Waals surface area (Å²) < 4.78 is 10.7. The van der Waals surface area contributed by atoms with Gasteiger partial charge < -0.3 is 14.8 Å².